The topological polar surface area (TPSA) is 64.7 Å². The van der Waals surface area contributed by atoms with E-state index in [2.05, 4.69) is 0 Å². The van der Waals surface area contributed by atoms with Gasteiger partial charge in [0.1, 0.15) is 11.5 Å². The summed E-state index contributed by atoms with van der Waals surface area (Å²) in [5, 5.41) is 9.83. The third-order valence-corrected chi connectivity index (χ3v) is 2.81. The van der Waals surface area contributed by atoms with Crippen LogP contribution in [-0.4, -0.2) is 19.3 Å². The summed E-state index contributed by atoms with van der Waals surface area (Å²) in [6.07, 6.45) is 0.00892. The maximum absolute atomic E-state index is 9.83. The zero-order chi connectivity index (χ0) is 11.0. The summed E-state index contributed by atoms with van der Waals surface area (Å²) in [5.74, 6) is 1.35. The molecular weight excluding hydrogens is 194 g/mol. The van der Waals surface area contributed by atoms with E-state index in [1.54, 1.807) is 20.3 Å². The molecule has 3 N–H and O–H groups in total. The molecule has 15 heavy (non-hydrogen) atoms. The summed E-state index contributed by atoms with van der Waals surface area (Å²) in [6, 6.07) is 3.48. The van der Waals surface area contributed by atoms with Crippen LogP contribution in [0.25, 0.3) is 0 Å². The highest BCUT2D eigenvalue weighted by Gasteiger charge is 2.31. The van der Waals surface area contributed by atoms with Gasteiger partial charge < -0.3 is 20.3 Å². The second-order valence-corrected chi connectivity index (χ2v) is 3.69. The van der Waals surface area contributed by atoms with Gasteiger partial charge in [-0.05, 0) is 18.1 Å². The van der Waals surface area contributed by atoms with Crippen LogP contribution < -0.4 is 15.2 Å². The van der Waals surface area contributed by atoms with Crippen molar-refractivity contribution in [2.45, 2.75) is 18.6 Å². The SMILES string of the molecule is COc1cc(OC)c2c(c1)C(N)CC2O. The van der Waals surface area contributed by atoms with Crippen molar-refractivity contribution in [1.29, 1.82) is 0 Å². The lowest BCUT2D eigenvalue weighted by molar-refractivity contribution is 0.170. The number of ether oxygens (including phenoxy) is 2. The maximum atomic E-state index is 9.83. The van der Waals surface area contributed by atoms with Gasteiger partial charge in [0.05, 0.1) is 20.3 Å². The second kappa shape index (κ2) is 3.72. The minimum atomic E-state index is -0.532. The summed E-state index contributed by atoms with van der Waals surface area (Å²) in [7, 11) is 3.17. The average molecular weight is 209 g/mol. The number of benzene rings is 1. The summed E-state index contributed by atoms with van der Waals surface area (Å²) in [4.78, 5) is 0. The number of aliphatic hydroxyl groups is 1. The molecule has 4 heteroatoms. The monoisotopic (exact) mass is 209 g/mol. The van der Waals surface area contributed by atoms with E-state index in [4.69, 9.17) is 15.2 Å². The van der Waals surface area contributed by atoms with Crippen LogP contribution in [0.1, 0.15) is 29.7 Å². The van der Waals surface area contributed by atoms with Gasteiger partial charge in [0, 0.05) is 17.7 Å². The Balaban J connectivity index is 2.57. The Morgan fingerprint density at radius 3 is 2.67 bits per heavy atom. The molecule has 1 aromatic rings. The molecule has 1 aliphatic carbocycles. The van der Waals surface area contributed by atoms with Crippen LogP contribution in [0.4, 0.5) is 0 Å². The number of methoxy groups -OCH3 is 2. The lowest BCUT2D eigenvalue weighted by atomic mass is 10.1. The largest absolute Gasteiger partial charge is 0.497 e. The highest BCUT2D eigenvalue weighted by Crippen LogP contribution is 2.44. The van der Waals surface area contributed by atoms with Crippen LogP contribution in [0.15, 0.2) is 12.1 Å². The summed E-state index contributed by atoms with van der Waals surface area (Å²) in [6.45, 7) is 0. The highest BCUT2D eigenvalue weighted by atomic mass is 16.5. The molecule has 0 heterocycles. The third-order valence-electron chi connectivity index (χ3n) is 2.81. The van der Waals surface area contributed by atoms with Crippen molar-refractivity contribution in [3.63, 3.8) is 0 Å². The van der Waals surface area contributed by atoms with Gasteiger partial charge in [-0.15, -0.1) is 0 Å². The summed E-state index contributed by atoms with van der Waals surface area (Å²) < 4.78 is 10.4. The Morgan fingerprint density at radius 2 is 2.07 bits per heavy atom. The molecule has 2 rings (SSSR count). The number of aliphatic hydroxyl groups excluding tert-OH is 1. The molecule has 1 aliphatic rings. The molecule has 0 radical (unpaired) electrons. The van der Waals surface area contributed by atoms with Crippen LogP contribution >= 0.6 is 0 Å². The molecule has 2 unspecified atom stereocenters. The van der Waals surface area contributed by atoms with E-state index in [0.29, 0.717) is 17.9 Å². The van der Waals surface area contributed by atoms with Crippen LogP contribution in [0.2, 0.25) is 0 Å². The Hall–Kier alpha value is -1.26. The predicted octanol–water partition coefficient (Wildman–Crippen LogP) is 1.14. The minimum Gasteiger partial charge on any atom is -0.497 e. The average Bonchev–Trinajstić information content (AvgIpc) is 2.53. The van der Waals surface area contributed by atoms with E-state index in [-0.39, 0.29) is 6.04 Å². The number of hydrogen-bond donors (Lipinski definition) is 2. The van der Waals surface area contributed by atoms with Crippen molar-refractivity contribution in [3.05, 3.63) is 23.3 Å². The quantitative estimate of drug-likeness (QED) is 0.766. The Bertz CT molecular complexity index is 378. The van der Waals surface area contributed by atoms with Gasteiger partial charge in [0.25, 0.3) is 0 Å². The van der Waals surface area contributed by atoms with Crippen LogP contribution in [0.5, 0.6) is 11.5 Å². The summed E-state index contributed by atoms with van der Waals surface area (Å²) >= 11 is 0. The molecule has 2 atom stereocenters. The number of nitrogens with two attached hydrogens (primary N) is 1. The van der Waals surface area contributed by atoms with Crippen molar-refractivity contribution in [2.24, 2.45) is 5.73 Å². The van der Waals surface area contributed by atoms with Gasteiger partial charge >= 0.3 is 0 Å². The third kappa shape index (κ3) is 1.56. The lowest BCUT2D eigenvalue weighted by Gasteiger charge is -2.12. The second-order valence-electron chi connectivity index (χ2n) is 3.69. The maximum Gasteiger partial charge on any atom is 0.128 e. The van der Waals surface area contributed by atoms with Gasteiger partial charge in [0.15, 0.2) is 0 Å². The number of rotatable bonds is 2. The van der Waals surface area contributed by atoms with Gasteiger partial charge in [-0.2, -0.15) is 0 Å². The molecule has 82 valence electrons. The first-order valence-electron chi connectivity index (χ1n) is 4.86. The molecule has 0 bridgehead atoms. The zero-order valence-corrected chi connectivity index (χ0v) is 8.86. The van der Waals surface area contributed by atoms with E-state index in [1.165, 1.54) is 0 Å². The highest BCUT2D eigenvalue weighted by molar-refractivity contribution is 5.51. The smallest absolute Gasteiger partial charge is 0.128 e. The van der Waals surface area contributed by atoms with Gasteiger partial charge in [0.2, 0.25) is 0 Å². The van der Waals surface area contributed by atoms with Gasteiger partial charge in [-0.25, -0.2) is 0 Å². The first-order chi connectivity index (χ1) is 7.17. The van der Waals surface area contributed by atoms with Crippen molar-refractivity contribution < 1.29 is 14.6 Å². The standard InChI is InChI=1S/C11H15NO3/c1-14-6-3-7-8(12)5-9(13)11(7)10(4-6)15-2/h3-4,8-9,13H,5,12H2,1-2H3. The Labute approximate surface area is 88.6 Å². The number of hydrogen-bond acceptors (Lipinski definition) is 4. The molecule has 0 amide bonds. The van der Waals surface area contributed by atoms with E-state index in [0.717, 1.165) is 11.1 Å². The van der Waals surface area contributed by atoms with E-state index >= 15 is 0 Å². The molecular formula is C11H15NO3. The van der Waals surface area contributed by atoms with Crippen molar-refractivity contribution in [1.82, 2.24) is 0 Å². The van der Waals surface area contributed by atoms with E-state index in [1.807, 2.05) is 6.07 Å². The molecule has 0 fully saturated rings. The van der Waals surface area contributed by atoms with Crippen molar-refractivity contribution in [3.8, 4) is 11.5 Å². The predicted molar refractivity (Wildman–Crippen MR) is 56.1 cm³/mol. The first kappa shape index (κ1) is 10.3. The fourth-order valence-electron chi connectivity index (χ4n) is 2.06. The van der Waals surface area contributed by atoms with E-state index < -0.39 is 6.10 Å². The lowest BCUT2D eigenvalue weighted by Crippen LogP contribution is -2.05. The Kier molecular flexibility index (Phi) is 2.54. The van der Waals surface area contributed by atoms with Gasteiger partial charge in [-0.1, -0.05) is 0 Å². The van der Waals surface area contributed by atoms with E-state index in [9.17, 15) is 5.11 Å². The fourth-order valence-corrected chi connectivity index (χ4v) is 2.06. The molecule has 0 aliphatic heterocycles. The molecule has 0 saturated heterocycles. The van der Waals surface area contributed by atoms with Crippen molar-refractivity contribution >= 4 is 0 Å². The fraction of sp³-hybridized carbons (Fsp3) is 0.455. The van der Waals surface area contributed by atoms with Crippen LogP contribution in [0.3, 0.4) is 0 Å². The van der Waals surface area contributed by atoms with Crippen LogP contribution in [0, 0.1) is 0 Å². The van der Waals surface area contributed by atoms with Gasteiger partial charge in [-0.3, -0.25) is 0 Å². The molecule has 0 saturated carbocycles. The first-order valence-corrected chi connectivity index (χ1v) is 4.86. The molecule has 1 aromatic carbocycles. The minimum absolute atomic E-state index is 0.140. The molecule has 4 nitrogen and oxygen atoms in total. The van der Waals surface area contributed by atoms with Crippen molar-refractivity contribution in [2.75, 3.05) is 14.2 Å². The molecule has 0 aromatic heterocycles. The molecule has 0 spiro atoms. The summed E-state index contributed by atoms with van der Waals surface area (Å²) in [5.41, 5.74) is 7.63. The zero-order valence-electron chi connectivity index (χ0n) is 8.86. The van der Waals surface area contributed by atoms with Crippen LogP contribution in [-0.2, 0) is 0 Å². The Morgan fingerprint density at radius 1 is 1.33 bits per heavy atom. The normalized spacial score (nSPS) is 23.7. The number of fused-ring (bicyclic) bond motifs is 1.